The van der Waals surface area contributed by atoms with E-state index in [-0.39, 0.29) is 11.4 Å². The number of hydrogen-bond acceptors (Lipinski definition) is 3. The Balaban J connectivity index is 2.09. The Hall–Kier alpha value is -1.72. The largest absolute Gasteiger partial charge is 0.489 e. The molecule has 4 nitrogen and oxygen atoms in total. The standard InChI is InChI=1S/C15H14ClNO3S/c1-11-2-5-13(6-3-11)21(18,19)17-8-9-20-15-7-4-12(16)10-14(15)17/h2-7,10H,8-9H2,1H3. The van der Waals surface area contributed by atoms with Crippen molar-refractivity contribution >= 4 is 27.3 Å². The van der Waals surface area contributed by atoms with Crippen molar-refractivity contribution < 1.29 is 13.2 Å². The zero-order valence-electron chi connectivity index (χ0n) is 11.4. The molecule has 0 fully saturated rings. The van der Waals surface area contributed by atoms with Crippen molar-refractivity contribution in [2.45, 2.75) is 11.8 Å². The van der Waals surface area contributed by atoms with E-state index in [9.17, 15) is 8.42 Å². The maximum atomic E-state index is 12.8. The number of nitrogens with zero attached hydrogens (tertiary/aromatic N) is 1. The number of benzene rings is 2. The van der Waals surface area contributed by atoms with Crippen LogP contribution >= 0.6 is 11.6 Å². The maximum absolute atomic E-state index is 12.8. The van der Waals surface area contributed by atoms with Crippen molar-refractivity contribution in [1.29, 1.82) is 0 Å². The molecule has 1 aliphatic rings. The average molecular weight is 324 g/mol. The van der Waals surface area contributed by atoms with Gasteiger partial charge in [-0.2, -0.15) is 0 Å². The van der Waals surface area contributed by atoms with Gasteiger partial charge in [0, 0.05) is 5.02 Å². The molecule has 0 aliphatic carbocycles. The van der Waals surface area contributed by atoms with Crippen molar-refractivity contribution in [1.82, 2.24) is 0 Å². The Morgan fingerprint density at radius 2 is 1.86 bits per heavy atom. The molecule has 6 heteroatoms. The first-order chi connectivity index (χ1) is 9.98. The van der Waals surface area contributed by atoms with Crippen molar-refractivity contribution in [3.8, 4) is 5.75 Å². The fraction of sp³-hybridized carbons (Fsp3) is 0.200. The summed E-state index contributed by atoms with van der Waals surface area (Å²) in [5, 5.41) is 0.475. The third-order valence-electron chi connectivity index (χ3n) is 3.35. The van der Waals surface area contributed by atoms with E-state index in [2.05, 4.69) is 0 Å². The fourth-order valence-corrected chi connectivity index (χ4v) is 3.87. The van der Waals surface area contributed by atoms with Crippen LogP contribution in [0.3, 0.4) is 0 Å². The molecule has 0 amide bonds. The Morgan fingerprint density at radius 3 is 2.57 bits per heavy atom. The highest BCUT2D eigenvalue weighted by atomic mass is 35.5. The number of ether oxygens (including phenoxy) is 1. The normalized spacial score (nSPS) is 14.5. The lowest BCUT2D eigenvalue weighted by atomic mass is 10.2. The van der Waals surface area contributed by atoms with Gasteiger partial charge in [-0.05, 0) is 37.3 Å². The van der Waals surface area contributed by atoms with Crippen LogP contribution in [-0.2, 0) is 10.0 Å². The van der Waals surface area contributed by atoms with E-state index in [1.807, 2.05) is 6.92 Å². The lowest BCUT2D eigenvalue weighted by Gasteiger charge is -2.30. The van der Waals surface area contributed by atoms with Crippen molar-refractivity contribution in [2.24, 2.45) is 0 Å². The summed E-state index contributed by atoms with van der Waals surface area (Å²) in [5.74, 6) is 0.529. The summed E-state index contributed by atoms with van der Waals surface area (Å²) >= 11 is 5.98. The molecule has 1 aliphatic heterocycles. The Labute approximate surface area is 129 Å². The maximum Gasteiger partial charge on any atom is 0.264 e. The Bertz CT molecular complexity index is 772. The van der Waals surface area contributed by atoms with Gasteiger partial charge in [-0.15, -0.1) is 0 Å². The van der Waals surface area contributed by atoms with E-state index in [1.165, 1.54) is 4.31 Å². The van der Waals surface area contributed by atoms with Crippen LogP contribution in [0.5, 0.6) is 5.75 Å². The monoisotopic (exact) mass is 323 g/mol. The molecular weight excluding hydrogens is 310 g/mol. The van der Waals surface area contributed by atoms with Gasteiger partial charge in [0.1, 0.15) is 12.4 Å². The summed E-state index contributed by atoms with van der Waals surface area (Å²) in [6.45, 7) is 2.50. The SMILES string of the molecule is Cc1ccc(S(=O)(=O)N2CCOc3ccc(Cl)cc32)cc1. The van der Waals surface area contributed by atoms with Gasteiger partial charge in [0.15, 0.2) is 0 Å². The van der Waals surface area contributed by atoms with Gasteiger partial charge in [0.25, 0.3) is 10.0 Å². The molecule has 0 unspecified atom stereocenters. The number of rotatable bonds is 2. The van der Waals surface area contributed by atoms with Crippen LogP contribution in [0.25, 0.3) is 0 Å². The molecule has 0 radical (unpaired) electrons. The first-order valence-corrected chi connectivity index (χ1v) is 8.32. The van der Waals surface area contributed by atoms with E-state index < -0.39 is 10.0 Å². The molecule has 1 heterocycles. The van der Waals surface area contributed by atoms with E-state index >= 15 is 0 Å². The molecule has 0 saturated carbocycles. The van der Waals surface area contributed by atoms with E-state index in [0.29, 0.717) is 23.1 Å². The predicted molar refractivity (Wildman–Crippen MR) is 82.7 cm³/mol. The van der Waals surface area contributed by atoms with E-state index in [0.717, 1.165) is 5.56 Å². The number of sulfonamides is 1. The zero-order valence-corrected chi connectivity index (χ0v) is 13.0. The van der Waals surface area contributed by atoms with Crippen LogP contribution in [0.15, 0.2) is 47.4 Å². The molecule has 2 aromatic rings. The molecule has 0 N–H and O–H groups in total. The van der Waals surface area contributed by atoms with Crippen molar-refractivity contribution in [3.63, 3.8) is 0 Å². The van der Waals surface area contributed by atoms with Crippen LogP contribution in [-0.4, -0.2) is 21.6 Å². The molecule has 0 spiro atoms. The molecule has 110 valence electrons. The predicted octanol–water partition coefficient (Wildman–Crippen LogP) is 3.24. The molecule has 0 aromatic heterocycles. The van der Waals surface area contributed by atoms with Crippen LogP contribution in [0, 0.1) is 6.92 Å². The summed E-state index contributed by atoms with van der Waals surface area (Å²) in [4.78, 5) is 0.265. The van der Waals surface area contributed by atoms with Gasteiger partial charge in [0.2, 0.25) is 0 Å². The third-order valence-corrected chi connectivity index (χ3v) is 5.41. The molecular formula is C15H14ClNO3S. The van der Waals surface area contributed by atoms with Gasteiger partial charge < -0.3 is 4.74 Å². The van der Waals surface area contributed by atoms with Crippen LogP contribution in [0.1, 0.15) is 5.56 Å². The lowest BCUT2D eigenvalue weighted by Crippen LogP contribution is -2.37. The van der Waals surface area contributed by atoms with Gasteiger partial charge in [-0.25, -0.2) is 8.42 Å². The molecule has 2 aromatic carbocycles. The average Bonchev–Trinajstić information content (AvgIpc) is 2.47. The van der Waals surface area contributed by atoms with Crippen LogP contribution in [0.4, 0.5) is 5.69 Å². The van der Waals surface area contributed by atoms with Crippen LogP contribution < -0.4 is 9.04 Å². The van der Waals surface area contributed by atoms with Crippen molar-refractivity contribution in [3.05, 3.63) is 53.1 Å². The highest BCUT2D eigenvalue weighted by Gasteiger charge is 2.30. The Morgan fingerprint density at radius 1 is 1.14 bits per heavy atom. The number of aryl methyl sites for hydroxylation is 1. The highest BCUT2D eigenvalue weighted by Crippen LogP contribution is 2.37. The molecule has 0 saturated heterocycles. The second-order valence-corrected chi connectivity index (χ2v) is 7.15. The van der Waals surface area contributed by atoms with Crippen LogP contribution in [0.2, 0.25) is 5.02 Å². The summed E-state index contributed by atoms with van der Waals surface area (Å²) < 4.78 is 32.4. The lowest BCUT2D eigenvalue weighted by molar-refractivity contribution is 0.316. The number of fused-ring (bicyclic) bond motifs is 1. The smallest absolute Gasteiger partial charge is 0.264 e. The molecule has 0 bridgehead atoms. The Kier molecular flexibility index (Phi) is 3.55. The first-order valence-electron chi connectivity index (χ1n) is 6.50. The summed E-state index contributed by atoms with van der Waals surface area (Å²) in [6.07, 6.45) is 0. The van der Waals surface area contributed by atoms with E-state index in [4.69, 9.17) is 16.3 Å². The fourth-order valence-electron chi connectivity index (χ4n) is 2.25. The third kappa shape index (κ3) is 2.59. The minimum Gasteiger partial charge on any atom is -0.489 e. The molecule has 21 heavy (non-hydrogen) atoms. The van der Waals surface area contributed by atoms with E-state index in [1.54, 1.807) is 42.5 Å². The summed E-state index contributed by atoms with van der Waals surface area (Å²) in [7, 11) is -3.61. The number of anilines is 1. The highest BCUT2D eigenvalue weighted by molar-refractivity contribution is 7.92. The van der Waals surface area contributed by atoms with Crippen molar-refractivity contribution in [2.75, 3.05) is 17.5 Å². The minimum absolute atomic E-state index is 0.265. The first kappa shape index (κ1) is 14.2. The number of halogens is 1. The number of hydrogen-bond donors (Lipinski definition) is 0. The molecule has 3 rings (SSSR count). The van der Waals surface area contributed by atoms with Gasteiger partial charge in [-0.1, -0.05) is 29.3 Å². The minimum atomic E-state index is -3.61. The van der Waals surface area contributed by atoms with Gasteiger partial charge in [0.05, 0.1) is 17.1 Å². The summed E-state index contributed by atoms with van der Waals surface area (Å²) in [5.41, 5.74) is 1.49. The zero-order chi connectivity index (χ0) is 15.0. The second kappa shape index (κ2) is 5.24. The quantitative estimate of drug-likeness (QED) is 0.852. The molecule has 0 atom stereocenters. The topological polar surface area (TPSA) is 46.6 Å². The second-order valence-electron chi connectivity index (χ2n) is 4.85. The summed E-state index contributed by atoms with van der Waals surface area (Å²) in [6, 6.07) is 11.8. The van der Waals surface area contributed by atoms with Gasteiger partial charge in [-0.3, -0.25) is 4.31 Å². The van der Waals surface area contributed by atoms with Gasteiger partial charge >= 0.3 is 0 Å².